The summed E-state index contributed by atoms with van der Waals surface area (Å²) in [6, 6.07) is 8.10. The molecule has 1 radical (unpaired) electrons. The Morgan fingerprint density at radius 1 is 1.29 bits per heavy atom. The van der Waals surface area contributed by atoms with Crippen molar-refractivity contribution in [1.29, 1.82) is 0 Å². The maximum atomic E-state index is 13.0. The minimum absolute atomic E-state index is 0.0125. The Morgan fingerprint density at radius 3 is 2.69 bits per heavy atom. The second-order valence-corrected chi connectivity index (χ2v) is 12.7. The number of imidazole rings is 1. The van der Waals surface area contributed by atoms with Gasteiger partial charge in [0.05, 0.1) is 0 Å². The molecule has 185 valence electrons. The number of ether oxygens (including phenoxy) is 1. The molecule has 13 heteroatoms. The standard InChI is InChI=1S/C22H22AsClN3O7S/c1-13(10-27-12-25-18-5-4-16(24)8-19(18)27)34-20-7-15(23-14(2)29)3-6-21(20)35(32,33)26-17(11-28)9-22(30)31/h3-8,11-13,17,26H,9-10H2,1-2H3,(H,30,31). The fourth-order valence-corrected chi connectivity index (χ4v) is 6.24. The fraction of sp³-hybridized carbons (Fsp3) is 0.273. The second-order valence-electron chi connectivity index (χ2n) is 7.68. The van der Waals surface area contributed by atoms with Crippen molar-refractivity contribution in [2.45, 2.75) is 43.9 Å². The quantitative estimate of drug-likeness (QED) is 0.241. The number of carbonyl (C=O) groups is 3. The van der Waals surface area contributed by atoms with Gasteiger partial charge in [-0.05, 0) is 0 Å². The van der Waals surface area contributed by atoms with Gasteiger partial charge in [-0.1, -0.05) is 0 Å². The van der Waals surface area contributed by atoms with Crippen LogP contribution in [0.3, 0.4) is 0 Å². The molecule has 0 saturated heterocycles. The number of hydrogen-bond donors (Lipinski definition) is 2. The van der Waals surface area contributed by atoms with Crippen LogP contribution in [-0.4, -0.2) is 67.8 Å². The SMILES string of the molecule is CC(=O)[As]c1ccc(S(=O)(=O)NC(C=O)CC(=O)O)c(OC(C)Cn2cnc3ccc(Cl)cc32)c1. The van der Waals surface area contributed by atoms with Crippen LogP contribution in [0.4, 0.5) is 0 Å². The number of carbonyl (C=O) groups excluding carboxylic acids is 2. The van der Waals surface area contributed by atoms with Crippen LogP contribution in [0, 0.1) is 0 Å². The Morgan fingerprint density at radius 2 is 2.03 bits per heavy atom. The monoisotopic (exact) mass is 582 g/mol. The number of aliphatic carboxylic acids is 1. The number of rotatable bonds is 12. The minimum atomic E-state index is -4.32. The Hall–Kier alpha value is -2.72. The molecule has 0 saturated carbocycles. The van der Waals surface area contributed by atoms with Crippen molar-refractivity contribution in [3.05, 3.63) is 47.7 Å². The van der Waals surface area contributed by atoms with E-state index in [9.17, 15) is 22.8 Å². The van der Waals surface area contributed by atoms with E-state index in [2.05, 4.69) is 9.71 Å². The van der Waals surface area contributed by atoms with Crippen molar-refractivity contribution >= 4 is 69.6 Å². The van der Waals surface area contributed by atoms with E-state index in [4.69, 9.17) is 21.4 Å². The predicted molar refractivity (Wildman–Crippen MR) is 130 cm³/mol. The summed E-state index contributed by atoms with van der Waals surface area (Å²) >= 11 is 5.23. The van der Waals surface area contributed by atoms with Crippen molar-refractivity contribution in [2.24, 2.45) is 0 Å². The van der Waals surface area contributed by atoms with Gasteiger partial charge >= 0.3 is 214 Å². The van der Waals surface area contributed by atoms with Crippen molar-refractivity contribution in [3.8, 4) is 5.75 Å². The molecule has 0 spiro atoms. The summed E-state index contributed by atoms with van der Waals surface area (Å²) in [5.74, 6) is -1.34. The molecule has 0 fully saturated rings. The second kappa shape index (κ2) is 11.3. The zero-order chi connectivity index (χ0) is 25.8. The summed E-state index contributed by atoms with van der Waals surface area (Å²) in [5, 5.41) is 9.47. The summed E-state index contributed by atoms with van der Waals surface area (Å²) in [5.41, 5.74) is 1.51. The van der Waals surface area contributed by atoms with E-state index in [1.54, 1.807) is 31.5 Å². The Labute approximate surface area is 213 Å². The Balaban J connectivity index is 1.91. The molecule has 10 nitrogen and oxygen atoms in total. The first-order chi connectivity index (χ1) is 16.5. The van der Waals surface area contributed by atoms with Crippen LogP contribution < -0.4 is 13.8 Å². The van der Waals surface area contributed by atoms with Crippen LogP contribution in [0.15, 0.2) is 47.6 Å². The number of nitrogens with zero attached hydrogens (tertiary/aromatic N) is 2. The van der Waals surface area contributed by atoms with Crippen molar-refractivity contribution < 1.29 is 32.6 Å². The molecule has 2 N–H and O–H groups in total. The summed E-state index contributed by atoms with van der Waals surface area (Å²) in [6.45, 7) is 3.50. The average Bonchev–Trinajstić information content (AvgIpc) is 3.13. The maximum absolute atomic E-state index is 13.0. The zero-order valence-corrected chi connectivity index (χ0v) is 22.2. The molecule has 2 unspecified atom stereocenters. The Kier molecular flexibility index (Phi) is 8.71. The molecular weight excluding hydrogens is 561 g/mol. The number of hydrogen-bond acceptors (Lipinski definition) is 7. The molecule has 1 aromatic heterocycles. The predicted octanol–water partition coefficient (Wildman–Crippen LogP) is 1.35. The van der Waals surface area contributed by atoms with Crippen LogP contribution in [0.2, 0.25) is 5.02 Å². The van der Waals surface area contributed by atoms with Crippen molar-refractivity contribution in [3.63, 3.8) is 0 Å². The van der Waals surface area contributed by atoms with Gasteiger partial charge in [0, 0.05) is 0 Å². The molecule has 2 atom stereocenters. The first-order valence-corrected chi connectivity index (χ1v) is 14.0. The number of carboxylic acid groups (broad SMARTS) is 1. The number of benzene rings is 2. The average molecular weight is 583 g/mol. The number of fused-ring (bicyclic) bond motifs is 1. The topological polar surface area (TPSA) is 145 Å². The van der Waals surface area contributed by atoms with Gasteiger partial charge < -0.3 is 0 Å². The number of aromatic nitrogens is 2. The third kappa shape index (κ3) is 7.14. The fourth-order valence-electron chi connectivity index (χ4n) is 3.34. The molecule has 3 aromatic rings. The van der Waals surface area contributed by atoms with Gasteiger partial charge in [-0.15, -0.1) is 0 Å². The molecule has 35 heavy (non-hydrogen) atoms. The van der Waals surface area contributed by atoms with E-state index in [0.29, 0.717) is 15.9 Å². The van der Waals surface area contributed by atoms with E-state index < -0.39 is 50.3 Å². The number of sulfonamides is 1. The molecule has 1 heterocycles. The summed E-state index contributed by atoms with van der Waals surface area (Å²) < 4.78 is 36.5. The van der Waals surface area contributed by atoms with Crippen LogP contribution in [0.1, 0.15) is 20.3 Å². The van der Waals surface area contributed by atoms with Crippen LogP contribution >= 0.6 is 11.6 Å². The number of nitrogens with one attached hydrogen (secondary N) is 1. The zero-order valence-electron chi connectivity index (χ0n) is 18.7. The van der Waals surface area contributed by atoms with Gasteiger partial charge in [-0.3, -0.25) is 0 Å². The van der Waals surface area contributed by atoms with E-state index in [1.165, 1.54) is 25.1 Å². The summed E-state index contributed by atoms with van der Waals surface area (Å²) in [4.78, 5) is 37.9. The van der Waals surface area contributed by atoms with Gasteiger partial charge in [0.25, 0.3) is 0 Å². The normalized spacial score (nSPS) is 13.7. The van der Waals surface area contributed by atoms with E-state index in [1.807, 2.05) is 4.57 Å². The third-order valence-electron chi connectivity index (χ3n) is 4.73. The van der Waals surface area contributed by atoms with Crippen LogP contribution in [-0.2, 0) is 31.0 Å². The van der Waals surface area contributed by atoms with Crippen molar-refractivity contribution in [1.82, 2.24) is 14.3 Å². The van der Waals surface area contributed by atoms with E-state index >= 15 is 0 Å². The van der Waals surface area contributed by atoms with Gasteiger partial charge in [0.15, 0.2) is 0 Å². The van der Waals surface area contributed by atoms with Gasteiger partial charge in [-0.25, -0.2) is 0 Å². The number of aldehydes is 1. The van der Waals surface area contributed by atoms with Crippen molar-refractivity contribution in [2.75, 3.05) is 0 Å². The third-order valence-corrected chi connectivity index (χ3v) is 8.28. The van der Waals surface area contributed by atoms with Gasteiger partial charge in [0.1, 0.15) is 0 Å². The molecule has 0 amide bonds. The summed E-state index contributed by atoms with van der Waals surface area (Å²) in [6.07, 6.45) is 0.597. The van der Waals surface area contributed by atoms with Crippen LogP contribution in [0.25, 0.3) is 11.0 Å². The Bertz CT molecular complexity index is 1380. The summed E-state index contributed by atoms with van der Waals surface area (Å²) in [7, 11) is -4.32. The molecule has 2 aromatic carbocycles. The van der Waals surface area contributed by atoms with Gasteiger partial charge in [-0.2, -0.15) is 0 Å². The molecular formula is C22H22AsClN3O7S. The molecule has 3 rings (SSSR count). The van der Waals surface area contributed by atoms with E-state index in [0.717, 1.165) is 11.0 Å². The molecule has 0 bridgehead atoms. The molecule has 0 aliphatic carbocycles. The molecule has 0 aliphatic rings. The number of halogens is 1. The molecule has 0 aliphatic heterocycles. The van der Waals surface area contributed by atoms with Crippen LogP contribution in [0.5, 0.6) is 5.75 Å². The van der Waals surface area contributed by atoms with E-state index in [-0.39, 0.29) is 21.5 Å². The first kappa shape index (κ1) is 26.9. The number of carboxylic acids is 1. The van der Waals surface area contributed by atoms with Gasteiger partial charge in [0.2, 0.25) is 0 Å². The first-order valence-electron chi connectivity index (χ1n) is 10.3.